The summed E-state index contributed by atoms with van der Waals surface area (Å²) < 4.78 is 1.97. The van der Waals surface area contributed by atoms with E-state index in [-0.39, 0.29) is 11.5 Å². The van der Waals surface area contributed by atoms with E-state index in [1.165, 1.54) is 11.8 Å². The molecule has 0 bridgehead atoms. The molecular formula is C26H19Cl2N3OS2. The summed E-state index contributed by atoms with van der Waals surface area (Å²) in [4.78, 5) is 23.1. The van der Waals surface area contributed by atoms with Gasteiger partial charge in [0.25, 0.3) is 0 Å². The summed E-state index contributed by atoms with van der Waals surface area (Å²) >= 11 is 15.7. The Hall–Kier alpha value is -2.64. The van der Waals surface area contributed by atoms with Crippen LogP contribution >= 0.6 is 46.3 Å². The number of aromatic nitrogens is 3. The van der Waals surface area contributed by atoms with Crippen LogP contribution in [0.4, 0.5) is 0 Å². The number of benzene rings is 2. The molecule has 3 heterocycles. The number of carbonyl (C=O) groups is 1. The highest BCUT2D eigenvalue weighted by molar-refractivity contribution is 8.00. The van der Waals surface area contributed by atoms with Crippen molar-refractivity contribution in [2.45, 2.75) is 18.9 Å². The van der Waals surface area contributed by atoms with Crippen molar-refractivity contribution in [3.8, 4) is 16.8 Å². The first-order valence-corrected chi connectivity index (χ1v) is 13.1. The van der Waals surface area contributed by atoms with Crippen LogP contribution in [0.2, 0.25) is 10.0 Å². The molecule has 0 radical (unpaired) electrons. The van der Waals surface area contributed by atoms with Crippen LogP contribution in [0.1, 0.15) is 21.7 Å². The fraction of sp³-hybridized carbons (Fsp3) is 0.115. The zero-order chi connectivity index (χ0) is 23.8. The summed E-state index contributed by atoms with van der Waals surface area (Å²) in [6.07, 6.45) is 1.56. The smallest absolute Gasteiger partial charge is 0.174 e. The minimum absolute atomic E-state index is 0.0331. The van der Waals surface area contributed by atoms with Gasteiger partial charge in [0.05, 0.1) is 21.8 Å². The predicted octanol–water partition coefficient (Wildman–Crippen LogP) is 8.05. The number of halogens is 2. The average molecular weight is 524 g/mol. The lowest BCUT2D eigenvalue weighted by Gasteiger charge is -2.12. The molecule has 0 N–H and O–H groups in total. The first-order valence-electron chi connectivity index (χ1n) is 10.5. The number of rotatable bonds is 6. The zero-order valence-electron chi connectivity index (χ0n) is 18.4. The molecule has 0 aliphatic carbocycles. The Kier molecular flexibility index (Phi) is 6.49. The van der Waals surface area contributed by atoms with Crippen molar-refractivity contribution >= 4 is 62.3 Å². The molecule has 2 aromatic carbocycles. The Morgan fingerprint density at radius 1 is 1.06 bits per heavy atom. The molecule has 0 saturated carbocycles. The van der Waals surface area contributed by atoms with E-state index >= 15 is 0 Å². The minimum Gasteiger partial charge on any atom is -0.316 e. The van der Waals surface area contributed by atoms with Crippen molar-refractivity contribution in [3.05, 3.63) is 93.3 Å². The molecule has 0 fully saturated rings. The Morgan fingerprint density at radius 3 is 2.65 bits per heavy atom. The maximum atomic E-state index is 13.3. The van der Waals surface area contributed by atoms with Crippen molar-refractivity contribution in [3.63, 3.8) is 0 Å². The van der Waals surface area contributed by atoms with Gasteiger partial charge in [-0.2, -0.15) is 0 Å². The predicted molar refractivity (Wildman–Crippen MR) is 143 cm³/mol. The summed E-state index contributed by atoms with van der Waals surface area (Å²) in [7, 11) is 0. The lowest BCUT2D eigenvalue weighted by Crippen LogP contribution is -2.06. The number of thiophene rings is 1. The normalized spacial score (nSPS) is 11.3. The standard InChI is InChI=1S/C26H19Cl2N3OS2/c1-15-10-19(16(2)31(15)22-11-18(27)8-9-21(22)28)23(32)13-34-26-24-20(17-6-4-3-5-7-17)12-33-25(24)29-14-30-26/h3-12,14H,13H2,1-2H3. The molecule has 0 aliphatic rings. The molecule has 0 unspecified atom stereocenters. The van der Waals surface area contributed by atoms with Crippen LogP contribution in [-0.4, -0.2) is 26.1 Å². The second kappa shape index (κ2) is 9.55. The fourth-order valence-corrected chi connectivity index (χ4v) is 6.32. The third-order valence-electron chi connectivity index (χ3n) is 5.64. The largest absolute Gasteiger partial charge is 0.316 e. The summed E-state index contributed by atoms with van der Waals surface area (Å²) in [6, 6.07) is 17.4. The number of Topliss-reactive ketones (excluding diaryl/α,β-unsaturated/α-hetero) is 1. The van der Waals surface area contributed by atoms with Gasteiger partial charge < -0.3 is 4.57 Å². The van der Waals surface area contributed by atoms with Crippen molar-refractivity contribution in [1.82, 2.24) is 14.5 Å². The highest BCUT2D eigenvalue weighted by atomic mass is 35.5. The molecule has 0 aliphatic heterocycles. The Labute approximate surface area is 215 Å². The van der Waals surface area contributed by atoms with E-state index in [0.717, 1.165) is 43.4 Å². The summed E-state index contributed by atoms with van der Waals surface area (Å²) in [5.41, 5.74) is 5.38. The number of nitrogens with zero attached hydrogens (tertiary/aromatic N) is 3. The second-order valence-corrected chi connectivity index (χ2v) is 10.5. The van der Waals surface area contributed by atoms with Crippen LogP contribution in [-0.2, 0) is 0 Å². The molecule has 3 aromatic heterocycles. The van der Waals surface area contributed by atoms with E-state index in [1.54, 1.807) is 29.8 Å². The van der Waals surface area contributed by atoms with E-state index in [9.17, 15) is 4.79 Å². The fourth-order valence-electron chi connectivity index (χ4n) is 4.07. The highest BCUT2D eigenvalue weighted by Gasteiger charge is 2.20. The first kappa shape index (κ1) is 23.1. The number of fused-ring (bicyclic) bond motifs is 1. The molecule has 0 atom stereocenters. The van der Waals surface area contributed by atoms with E-state index in [0.29, 0.717) is 15.6 Å². The molecule has 8 heteroatoms. The maximum absolute atomic E-state index is 13.3. The number of ketones is 1. The van der Waals surface area contributed by atoms with Gasteiger partial charge in [-0.05, 0) is 43.7 Å². The minimum atomic E-state index is 0.0331. The monoisotopic (exact) mass is 523 g/mol. The molecule has 5 rings (SSSR count). The lowest BCUT2D eigenvalue weighted by molar-refractivity contribution is 0.102. The van der Waals surface area contributed by atoms with Gasteiger partial charge in [0.2, 0.25) is 0 Å². The molecular weight excluding hydrogens is 505 g/mol. The van der Waals surface area contributed by atoms with E-state index in [2.05, 4.69) is 27.5 Å². The number of carbonyl (C=O) groups excluding carboxylic acids is 1. The SMILES string of the molecule is Cc1cc(C(=O)CSc2ncnc3scc(-c4ccccc4)c23)c(C)n1-c1cc(Cl)ccc1Cl. The maximum Gasteiger partial charge on any atom is 0.174 e. The van der Waals surface area contributed by atoms with Gasteiger partial charge in [0, 0.05) is 32.9 Å². The number of aryl methyl sites for hydroxylation is 1. The molecule has 5 aromatic rings. The Morgan fingerprint density at radius 2 is 1.85 bits per heavy atom. The van der Waals surface area contributed by atoms with Crippen LogP contribution in [0.15, 0.2) is 71.3 Å². The quantitative estimate of drug-likeness (QED) is 0.128. The van der Waals surface area contributed by atoms with E-state index < -0.39 is 0 Å². The molecule has 0 saturated heterocycles. The van der Waals surface area contributed by atoms with Gasteiger partial charge in [0.1, 0.15) is 16.2 Å². The van der Waals surface area contributed by atoms with Crippen molar-refractivity contribution in [2.24, 2.45) is 0 Å². The van der Waals surface area contributed by atoms with Gasteiger partial charge in [-0.3, -0.25) is 4.79 Å². The summed E-state index contributed by atoms with van der Waals surface area (Å²) in [5.74, 6) is 0.301. The molecule has 0 spiro atoms. The number of hydrogen-bond acceptors (Lipinski definition) is 5. The second-order valence-electron chi connectivity index (χ2n) is 7.80. The zero-order valence-corrected chi connectivity index (χ0v) is 21.5. The Balaban J connectivity index is 1.45. The summed E-state index contributed by atoms with van der Waals surface area (Å²) in [6.45, 7) is 3.89. The van der Waals surface area contributed by atoms with Gasteiger partial charge >= 0.3 is 0 Å². The van der Waals surface area contributed by atoms with Crippen molar-refractivity contribution in [1.29, 1.82) is 0 Å². The van der Waals surface area contributed by atoms with Crippen LogP contribution in [0, 0.1) is 13.8 Å². The third-order valence-corrected chi connectivity index (χ3v) is 8.07. The van der Waals surface area contributed by atoms with E-state index in [4.69, 9.17) is 23.2 Å². The molecule has 170 valence electrons. The number of thioether (sulfide) groups is 1. The third kappa shape index (κ3) is 4.27. The van der Waals surface area contributed by atoms with Crippen LogP contribution in [0.3, 0.4) is 0 Å². The Bertz CT molecular complexity index is 1530. The lowest BCUT2D eigenvalue weighted by atomic mass is 10.1. The molecule has 4 nitrogen and oxygen atoms in total. The molecule has 0 amide bonds. The van der Waals surface area contributed by atoms with Gasteiger partial charge in [-0.15, -0.1) is 11.3 Å². The average Bonchev–Trinajstić information content (AvgIpc) is 3.41. The molecule has 34 heavy (non-hydrogen) atoms. The summed E-state index contributed by atoms with van der Waals surface area (Å²) in [5, 5.41) is 5.07. The van der Waals surface area contributed by atoms with Crippen molar-refractivity contribution in [2.75, 3.05) is 5.75 Å². The van der Waals surface area contributed by atoms with Crippen molar-refractivity contribution < 1.29 is 4.79 Å². The topological polar surface area (TPSA) is 47.8 Å². The van der Waals surface area contributed by atoms with Crippen LogP contribution in [0.25, 0.3) is 27.0 Å². The van der Waals surface area contributed by atoms with Gasteiger partial charge in [-0.1, -0.05) is 65.3 Å². The van der Waals surface area contributed by atoms with Crippen LogP contribution < -0.4 is 0 Å². The number of hydrogen-bond donors (Lipinski definition) is 0. The van der Waals surface area contributed by atoms with Gasteiger partial charge in [0.15, 0.2) is 5.78 Å². The van der Waals surface area contributed by atoms with Crippen LogP contribution in [0.5, 0.6) is 0 Å². The first-order chi connectivity index (χ1) is 16.4. The highest BCUT2D eigenvalue weighted by Crippen LogP contribution is 2.38. The van der Waals surface area contributed by atoms with Gasteiger partial charge in [-0.25, -0.2) is 9.97 Å². The van der Waals surface area contributed by atoms with E-state index in [1.807, 2.05) is 48.7 Å².